The van der Waals surface area contributed by atoms with Gasteiger partial charge in [0.05, 0.1) is 27.2 Å². The maximum Gasteiger partial charge on any atom is 0.0817 e. The second-order valence-corrected chi connectivity index (χ2v) is 3.05. The molecule has 0 saturated heterocycles. The zero-order valence-corrected chi connectivity index (χ0v) is 7.35. The van der Waals surface area contributed by atoms with Crippen molar-refractivity contribution in [1.29, 1.82) is 0 Å². The summed E-state index contributed by atoms with van der Waals surface area (Å²) >= 11 is 0. The van der Waals surface area contributed by atoms with Gasteiger partial charge >= 0.3 is 0 Å². The average Bonchev–Trinajstić information content (AvgIpc) is 1.84. The van der Waals surface area contributed by atoms with Crippen molar-refractivity contribution in [3.63, 3.8) is 0 Å². The van der Waals surface area contributed by atoms with Gasteiger partial charge < -0.3 is 9.96 Å². The lowest BCUT2D eigenvalue weighted by molar-refractivity contribution is -0.888. The first-order valence-corrected chi connectivity index (χ1v) is 3.55. The van der Waals surface area contributed by atoms with E-state index in [4.69, 9.17) is 0 Å². The van der Waals surface area contributed by atoms with Gasteiger partial charge in [0.2, 0.25) is 0 Å². The molecule has 62 valence electrons. The molecule has 0 aliphatic carbocycles. The van der Waals surface area contributed by atoms with E-state index >= 15 is 0 Å². The zero-order valence-electron chi connectivity index (χ0n) is 7.35. The Morgan fingerprint density at radius 3 is 2.20 bits per heavy atom. The lowest BCUT2D eigenvalue weighted by Gasteiger charge is -2.27. The topological polar surface area (TPSA) is 31.5 Å². The molecule has 0 radical (unpaired) electrons. The fourth-order valence-electron chi connectivity index (χ4n) is 0.599. The fraction of sp³-hybridized carbons (Fsp3) is 0.750. The van der Waals surface area contributed by atoms with Gasteiger partial charge in [-0.2, -0.15) is 0 Å². The molecule has 0 aliphatic heterocycles. The zero-order chi connectivity index (χ0) is 7.33. The quantitative estimate of drug-likeness (QED) is 0.416. The predicted octanol–water partition coefficient (Wildman–Crippen LogP) is 0.834. The Morgan fingerprint density at radius 1 is 1.40 bits per heavy atom. The molecule has 0 rings (SSSR count). The average molecular weight is 146 g/mol. The minimum absolute atomic E-state index is 0. The van der Waals surface area contributed by atoms with Gasteiger partial charge in [0.25, 0.3) is 0 Å². The predicted molar refractivity (Wildman–Crippen MR) is 45.9 cm³/mol. The summed E-state index contributed by atoms with van der Waals surface area (Å²) < 4.78 is 1.10. The van der Waals surface area contributed by atoms with E-state index < -0.39 is 0 Å². The third kappa shape index (κ3) is 5.79. The Morgan fingerprint density at radius 2 is 1.90 bits per heavy atom. The van der Waals surface area contributed by atoms with Crippen molar-refractivity contribution in [2.24, 2.45) is 0 Å². The molecule has 0 aromatic rings. The molecule has 0 aromatic heterocycles. The molecule has 0 bridgehead atoms. The van der Waals surface area contributed by atoms with Crippen LogP contribution >= 0.6 is 0 Å². The first-order valence-electron chi connectivity index (χ1n) is 3.55. The van der Waals surface area contributed by atoms with Gasteiger partial charge in [-0.25, -0.2) is 0 Å². The first-order chi connectivity index (χ1) is 4.12. The van der Waals surface area contributed by atoms with E-state index in [-0.39, 0.29) is 5.48 Å². The van der Waals surface area contributed by atoms with E-state index in [1.165, 1.54) is 13.1 Å². The molecular weight excluding hydrogens is 126 g/mol. The van der Waals surface area contributed by atoms with Crippen LogP contribution in [0.5, 0.6) is 0 Å². The largest absolute Gasteiger partial charge is 0.412 e. The third-order valence-electron chi connectivity index (χ3n) is 1.79. The molecular formula is C8H20NO+. The number of quaternary nitrogens is 1. The van der Waals surface area contributed by atoms with Gasteiger partial charge in [0.1, 0.15) is 0 Å². The lowest BCUT2D eigenvalue weighted by Crippen LogP contribution is -2.39. The Hall–Kier alpha value is -0.340. The summed E-state index contributed by atoms with van der Waals surface area (Å²) in [5.41, 5.74) is 0. The van der Waals surface area contributed by atoms with E-state index in [1.807, 2.05) is 6.08 Å². The highest BCUT2D eigenvalue weighted by atomic mass is 16.0. The van der Waals surface area contributed by atoms with Crippen LogP contribution in [-0.2, 0) is 0 Å². The highest BCUT2D eigenvalue weighted by Gasteiger charge is 2.08. The standard InChI is InChI=1S/C8H18N.H2O/c1-5-7-8-9(3,4)6-2;/h5H,1,6-8H2,2-4H3;1H2/q+1;. The Bertz CT molecular complexity index is 89.3. The second kappa shape index (κ2) is 5.45. The maximum absolute atomic E-state index is 3.69. The normalized spacial score (nSPS) is 10.3. The van der Waals surface area contributed by atoms with Crippen LogP contribution in [-0.4, -0.2) is 37.1 Å². The maximum atomic E-state index is 3.69. The summed E-state index contributed by atoms with van der Waals surface area (Å²) in [7, 11) is 4.48. The molecule has 0 atom stereocenters. The minimum Gasteiger partial charge on any atom is -0.412 e. The van der Waals surface area contributed by atoms with Gasteiger partial charge in [-0.05, 0) is 6.92 Å². The summed E-state index contributed by atoms with van der Waals surface area (Å²) in [6, 6.07) is 0. The van der Waals surface area contributed by atoms with E-state index in [9.17, 15) is 0 Å². The van der Waals surface area contributed by atoms with Crippen molar-refractivity contribution in [2.45, 2.75) is 13.3 Å². The summed E-state index contributed by atoms with van der Waals surface area (Å²) in [5.74, 6) is 0. The molecule has 2 nitrogen and oxygen atoms in total. The van der Waals surface area contributed by atoms with Gasteiger partial charge in [0, 0.05) is 6.42 Å². The molecule has 0 aromatic carbocycles. The van der Waals surface area contributed by atoms with Gasteiger partial charge in [-0.15, -0.1) is 6.58 Å². The van der Waals surface area contributed by atoms with E-state index in [2.05, 4.69) is 27.6 Å². The van der Waals surface area contributed by atoms with Gasteiger partial charge in [0.15, 0.2) is 0 Å². The molecule has 0 spiro atoms. The summed E-state index contributed by atoms with van der Waals surface area (Å²) in [4.78, 5) is 0. The number of hydrogen-bond donors (Lipinski definition) is 0. The van der Waals surface area contributed by atoms with Crippen molar-refractivity contribution in [2.75, 3.05) is 27.2 Å². The third-order valence-corrected chi connectivity index (χ3v) is 1.79. The smallest absolute Gasteiger partial charge is 0.0817 e. The second-order valence-electron chi connectivity index (χ2n) is 3.05. The van der Waals surface area contributed by atoms with Gasteiger partial charge in [-0.3, -0.25) is 0 Å². The van der Waals surface area contributed by atoms with Crippen molar-refractivity contribution < 1.29 is 9.96 Å². The molecule has 0 fully saturated rings. The summed E-state index contributed by atoms with van der Waals surface area (Å²) in [6.07, 6.45) is 3.11. The molecule has 2 N–H and O–H groups in total. The minimum atomic E-state index is 0. The molecule has 10 heavy (non-hydrogen) atoms. The Balaban J connectivity index is 0. The molecule has 0 unspecified atom stereocenters. The van der Waals surface area contributed by atoms with Crippen LogP contribution in [0.2, 0.25) is 0 Å². The first kappa shape index (κ1) is 12.3. The van der Waals surface area contributed by atoms with Crippen LogP contribution in [0.1, 0.15) is 13.3 Å². The van der Waals surface area contributed by atoms with Crippen LogP contribution in [0.4, 0.5) is 0 Å². The highest BCUT2D eigenvalue weighted by molar-refractivity contribution is 4.64. The van der Waals surface area contributed by atoms with Crippen molar-refractivity contribution in [3.05, 3.63) is 12.7 Å². The molecule has 0 saturated carbocycles. The number of rotatable bonds is 4. The molecule has 2 heteroatoms. The SMILES string of the molecule is C=CCC[N+](C)(C)CC.O. The number of nitrogens with zero attached hydrogens (tertiary/aromatic N) is 1. The van der Waals surface area contributed by atoms with Crippen molar-refractivity contribution >= 4 is 0 Å². The Labute approximate surface area is 64.1 Å². The lowest BCUT2D eigenvalue weighted by atomic mass is 10.3. The molecule has 0 aliphatic rings. The molecule has 0 amide bonds. The van der Waals surface area contributed by atoms with Crippen molar-refractivity contribution in [3.8, 4) is 0 Å². The van der Waals surface area contributed by atoms with Crippen LogP contribution in [0.15, 0.2) is 12.7 Å². The monoisotopic (exact) mass is 146 g/mol. The number of hydrogen-bond acceptors (Lipinski definition) is 0. The van der Waals surface area contributed by atoms with Crippen LogP contribution in [0.3, 0.4) is 0 Å². The van der Waals surface area contributed by atoms with E-state index in [0.717, 1.165) is 10.9 Å². The van der Waals surface area contributed by atoms with E-state index in [1.54, 1.807) is 0 Å². The molecule has 0 heterocycles. The van der Waals surface area contributed by atoms with Crippen LogP contribution < -0.4 is 0 Å². The van der Waals surface area contributed by atoms with Crippen LogP contribution in [0, 0.1) is 0 Å². The van der Waals surface area contributed by atoms with E-state index in [0.29, 0.717) is 0 Å². The highest BCUT2D eigenvalue weighted by Crippen LogP contribution is 1.97. The Kier molecular flexibility index (Phi) is 6.72. The van der Waals surface area contributed by atoms with Crippen LogP contribution in [0.25, 0.3) is 0 Å². The van der Waals surface area contributed by atoms with Gasteiger partial charge in [-0.1, -0.05) is 6.08 Å². The van der Waals surface area contributed by atoms with Crippen molar-refractivity contribution in [1.82, 2.24) is 0 Å². The summed E-state index contributed by atoms with van der Waals surface area (Å²) in [6.45, 7) is 8.31. The summed E-state index contributed by atoms with van der Waals surface area (Å²) in [5, 5.41) is 0. The fourth-order valence-corrected chi connectivity index (χ4v) is 0.599.